The van der Waals surface area contributed by atoms with Crippen molar-refractivity contribution in [1.82, 2.24) is 10.2 Å². The van der Waals surface area contributed by atoms with E-state index in [2.05, 4.69) is 15.5 Å². The first-order chi connectivity index (χ1) is 10.8. The van der Waals surface area contributed by atoms with E-state index < -0.39 is 0 Å². The molecular weight excluding hydrogens is 302 g/mol. The molecule has 0 bridgehead atoms. The van der Waals surface area contributed by atoms with Crippen molar-refractivity contribution in [3.8, 4) is 0 Å². The van der Waals surface area contributed by atoms with Crippen LogP contribution in [0.4, 0.5) is 5.82 Å². The van der Waals surface area contributed by atoms with Crippen molar-refractivity contribution in [2.24, 2.45) is 17.8 Å². The molecule has 5 nitrogen and oxygen atoms in total. The van der Waals surface area contributed by atoms with E-state index in [1.165, 1.54) is 25.7 Å². The van der Waals surface area contributed by atoms with Crippen LogP contribution in [0.3, 0.4) is 0 Å². The van der Waals surface area contributed by atoms with Gasteiger partial charge in [0.15, 0.2) is 5.15 Å². The Labute approximate surface area is 135 Å². The molecule has 0 radical (unpaired) electrons. The third-order valence-corrected chi connectivity index (χ3v) is 5.37. The average molecular weight is 324 g/mol. The minimum atomic E-state index is -0.139. The summed E-state index contributed by atoms with van der Waals surface area (Å²) in [5.74, 6) is 3.59. The molecule has 2 aliphatic carbocycles. The average Bonchev–Trinajstić information content (AvgIpc) is 3.33. The number of rotatable bonds is 5. The fourth-order valence-corrected chi connectivity index (χ4v) is 3.74. The Morgan fingerprint density at radius 3 is 2.77 bits per heavy atom. The van der Waals surface area contributed by atoms with E-state index in [1.807, 2.05) is 6.07 Å². The summed E-state index contributed by atoms with van der Waals surface area (Å²) in [4.78, 5) is 0. The first kappa shape index (κ1) is 14.7. The summed E-state index contributed by atoms with van der Waals surface area (Å²) in [5.41, 5.74) is 0.864. The molecule has 0 amide bonds. The largest absolute Gasteiger partial charge is 0.376 e. The quantitative estimate of drug-likeness (QED) is 0.902. The molecule has 1 aromatic rings. The topological polar surface area (TPSA) is 56.3 Å². The normalized spacial score (nSPS) is 31.6. The van der Waals surface area contributed by atoms with Gasteiger partial charge >= 0.3 is 0 Å². The van der Waals surface area contributed by atoms with Gasteiger partial charge in [0.1, 0.15) is 11.9 Å². The Hall–Kier alpha value is -0.910. The van der Waals surface area contributed by atoms with E-state index in [-0.39, 0.29) is 6.10 Å². The van der Waals surface area contributed by atoms with E-state index in [1.54, 1.807) is 0 Å². The SMILES string of the molecule is Clc1nnc(NCC2CC(C3CC3)C2)cc1C1COCCO1. The van der Waals surface area contributed by atoms with Gasteiger partial charge in [0.2, 0.25) is 0 Å². The number of nitrogens with zero attached hydrogens (tertiary/aromatic N) is 2. The summed E-state index contributed by atoms with van der Waals surface area (Å²) in [6.07, 6.45) is 5.51. The fourth-order valence-electron chi connectivity index (χ4n) is 3.53. The van der Waals surface area contributed by atoms with Gasteiger partial charge in [-0.3, -0.25) is 0 Å². The Morgan fingerprint density at radius 1 is 1.18 bits per heavy atom. The smallest absolute Gasteiger partial charge is 0.157 e. The van der Waals surface area contributed by atoms with Crippen molar-refractivity contribution in [2.45, 2.75) is 31.8 Å². The molecule has 1 saturated heterocycles. The van der Waals surface area contributed by atoms with Crippen molar-refractivity contribution in [2.75, 3.05) is 31.7 Å². The van der Waals surface area contributed by atoms with Gasteiger partial charge < -0.3 is 14.8 Å². The third kappa shape index (κ3) is 3.21. The highest BCUT2D eigenvalue weighted by Gasteiger charge is 2.39. The number of nitrogens with one attached hydrogen (secondary N) is 1. The first-order valence-corrected chi connectivity index (χ1v) is 8.63. The molecular formula is C16H22ClN3O2. The van der Waals surface area contributed by atoms with Crippen LogP contribution in [-0.2, 0) is 9.47 Å². The van der Waals surface area contributed by atoms with Crippen molar-refractivity contribution in [1.29, 1.82) is 0 Å². The van der Waals surface area contributed by atoms with E-state index in [9.17, 15) is 0 Å². The highest BCUT2D eigenvalue weighted by molar-refractivity contribution is 6.30. The van der Waals surface area contributed by atoms with Crippen LogP contribution in [0.25, 0.3) is 0 Å². The van der Waals surface area contributed by atoms with Crippen LogP contribution in [-0.4, -0.2) is 36.6 Å². The lowest BCUT2D eigenvalue weighted by molar-refractivity contribution is -0.0902. The molecule has 1 aliphatic heterocycles. The lowest BCUT2D eigenvalue weighted by Crippen LogP contribution is -2.31. The van der Waals surface area contributed by atoms with Crippen molar-refractivity contribution in [3.05, 3.63) is 16.8 Å². The van der Waals surface area contributed by atoms with Crippen LogP contribution in [0.2, 0.25) is 5.15 Å². The van der Waals surface area contributed by atoms with Crippen LogP contribution in [0.15, 0.2) is 6.07 Å². The van der Waals surface area contributed by atoms with E-state index >= 15 is 0 Å². The monoisotopic (exact) mass is 323 g/mol. The van der Waals surface area contributed by atoms with Crippen molar-refractivity contribution >= 4 is 17.4 Å². The van der Waals surface area contributed by atoms with Crippen molar-refractivity contribution in [3.63, 3.8) is 0 Å². The van der Waals surface area contributed by atoms with E-state index in [0.717, 1.165) is 35.7 Å². The maximum absolute atomic E-state index is 6.15. The number of halogens is 1. The number of hydrogen-bond acceptors (Lipinski definition) is 5. The molecule has 1 N–H and O–H groups in total. The summed E-state index contributed by atoms with van der Waals surface area (Å²) in [6, 6.07) is 1.95. The highest BCUT2D eigenvalue weighted by atomic mass is 35.5. The van der Waals surface area contributed by atoms with Crippen LogP contribution in [0.1, 0.15) is 37.4 Å². The number of aromatic nitrogens is 2. The number of ether oxygens (including phenoxy) is 2. The maximum Gasteiger partial charge on any atom is 0.157 e. The summed E-state index contributed by atoms with van der Waals surface area (Å²) < 4.78 is 11.1. The molecule has 0 spiro atoms. The third-order valence-electron chi connectivity index (χ3n) is 5.07. The fraction of sp³-hybridized carbons (Fsp3) is 0.750. The zero-order valence-corrected chi connectivity index (χ0v) is 13.4. The highest BCUT2D eigenvalue weighted by Crippen LogP contribution is 2.49. The van der Waals surface area contributed by atoms with Crippen LogP contribution >= 0.6 is 11.6 Å². The van der Waals surface area contributed by atoms with Gasteiger partial charge in [0, 0.05) is 12.1 Å². The van der Waals surface area contributed by atoms with Crippen LogP contribution < -0.4 is 5.32 Å². The second-order valence-corrected chi connectivity index (χ2v) is 7.08. The lowest BCUT2D eigenvalue weighted by Gasteiger charge is -2.35. The molecule has 22 heavy (non-hydrogen) atoms. The molecule has 2 saturated carbocycles. The molecule has 2 heterocycles. The molecule has 0 aromatic carbocycles. The predicted molar refractivity (Wildman–Crippen MR) is 84.0 cm³/mol. The second kappa shape index (κ2) is 6.30. The number of hydrogen-bond donors (Lipinski definition) is 1. The van der Waals surface area contributed by atoms with Crippen LogP contribution in [0.5, 0.6) is 0 Å². The van der Waals surface area contributed by atoms with Gasteiger partial charge in [-0.2, -0.15) is 0 Å². The summed E-state index contributed by atoms with van der Waals surface area (Å²) >= 11 is 6.15. The Bertz CT molecular complexity index is 526. The lowest BCUT2D eigenvalue weighted by atomic mass is 9.72. The number of anilines is 1. The molecule has 4 rings (SSSR count). The Kier molecular flexibility index (Phi) is 4.20. The standard InChI is InChI=1S/C16H22ClN3O2/c17-16-13(14-9-21-3-4-22-14)7-15(19-20-16)18-8-10-5-12(6-10)11-1-2-11/h7,10-12,14H,1-6,8-9H2,(H,18,19). The van der Waals surface area contributed by atoms with E-state index in [0.29, 0.717) is 25.0 Å². The molecule has 3 fully saturated rings. The molecule has 1 unspecified atom stereocenters. The van der Waals surface area contributed by atoms with Gasteiger partial charge in [0.05, 0.1) is 19.8 Å². The zero-order chi connectivity index (χ0) is 14.9. The molecule has 1 atom stereocenters. The van der Waals surface area contributed by atoms with Gasteiger partial charge in [0.25, 0.3) is 0 Å². The zero-order valence-electron chi connectivity index (χ0n) is 12.6. The Balaban J connectivity index is 1.33. The minimum Gasteiger partial charge on any atom is -0.376 e. The van der Waals surface area contributed by atoms with Crippen molar-refractivity contribution < 1.29 is 9.47 Å². The van der Waals surface area contributed by atoms with E-state index in [4.69, 9.17) is 21.1 Å². The molecule has 6 heteroatoms. The minimum absolute atomic E-state index is 0.139. The van der Waals surface area contributed by atoms with Gasteiger partial charge in [-0.25, -0.2) is 0 Å². The predicted octanol–water partition coefficient (Wildman–Crippen LogP) is 3.07. The maximum atomic E-state index is 6.15. The van der Waals surface area contributed by atoms with Gasteiger partial charge in [-0.15, -0.1) is 10.2 Å². The summed E-state index contributed by atoms with van der Waals surface area (Å²) in [7, 11) is 0. The van der Waals surface area contributed by atoms with Gasteiger partial charge in [-0.05, 0) is 49.5 Å². The van der Waals surface area contributed by atoms with Gasteiger partial charge in [-0.1, -0.05) is 11.6 Å². The Morgan fingerprint density at radius 2 is 2.05 bits per heavy atom. The van der Waals surface area contributed by atoms with Crippen LogP contribution in [0, 0.1) is 17.8 Å². The molecule has 1 aromatic heterocycles. The summed E-state index contributed by atoms with van der Waals surface area (Å²) in [6.45, 7) is 2.73. The first-order valence-electron chi connectivity index (χ1n) is 8.26. The summed E-state index contributed by atoms with van der Waals surface area (Å²) in [5, 5.41) is 12.0. The second-order valence-electron chi connectivity index (χ2n) is 6.73. The molecule has 3 aliphatic rings. The molecule has 120 valence electrons.